The number of rotatable bonds is 2. The van der Waals surface area contributed by atoms with Gasteiger partial charge >= 0.3 is 6.18 Å². The molecule has 3 rings (SSSR count). The molecule has 0 aliphatic carbocycles. The maximum absolute atomic E-state index is 12.9. The second-order valence-electron chi connectivity index (χ2n) is 6.01. The Morgan fingerprint density at radius 1 is 1.08 bits per heavy atom. The predicted octanol–water partition coefficient (Wildman–Crippen LogP) is 4.07. The number of hydrogen-bond donors (Lipinski definition) is 0. The van der Waals surface area contributed by atoms with Crippen LogP contribution in [0.15, 0.2) is 48.5 Å². The Hall–Kier alpha value is -2.34. The van der Waals surface area contributed by atoms with E-state index in [-0.39, 0.29) is 13.2 Å². The molecule has 0 bridgehead atoms. The van der Waals surface area contributed by atoms with Crippen LogP contribution >= 0.6 is 0 Å². The van der Waals surface area contributed by atoms with Gasteiger partial charge in [0, 0.05) is 12.1 Å². The zero-order valence-electron chi connectivity index (χ0n) is 13.7. The molecule has 1 aliphatic heterocycles. The number of nitrogens with zero attached hydrogens (tertiary/aromatic N) is 1. The number of carbonyl (C=O) groups is 1. The van der Waals surface area contributed by atoms with Crippen molar-refractivity contribution in [2.45, 2.75) is 19.2 Å². The van der Waals surface area contributed by atoms with E-state index >= 15 is 0 Å². The molecule has 6 heteroatoms. The summed E-state index contributed by atoms with van der Waals surface area (Å²) in [4.78, 5) is 14.1. The highest BCUT2D eigenvalue weighted by atomic mass is 19.4. The van der Waals surface area contributed by atoms with Gasteiger partial charge in [0.25, 0.3) is 5.91 Å². The van der Waals surface area contributed by atoms with Gasteiger partial charge < -0.3 is 9.64 Å². The molecule has 1 saturated heterocycles. The van der Waals surface area contributed by atoms with Gasteiger partial charge in [0.2, 0.25) is 0 Å². The van der Waals surface area contributed by atoms with Gasteiger partial charge in [-0.2, -0.15) is 13.2 Å². The van der Waals surface area contributed by atoms with Gasteiger partial charge in [-0.1, -0.05) is 42.5 Å². The average molecular weight is 349 g/mol. The van der Waals surface area contributed by atoms with Crippen LogP contribution in [-0.2, 0) is 4.74 Å². The first kappa shape index (κ1) is 17.5. The second kappa shape index (κ2) is 6.88. The van der Waals surface area contributed by atoms with Crippen molar-refractivity contribution in [1.29, 1.82) is 0 Å². The quantitative estimate of drug-likeness (QED) is 0.818. The molecular formula is C19H18F3NO2. The SMILES string of the molecule is Cc1ccccc1-c1ccccc1C(=O)N1CCO[C@@H](C(F)(F)F)C1. The lowest BCUT2D eigenvalue weighted by molar-refractivity contribution is -0.233. The number of carbonyl (C=O) groups excluding carboxylic acids is 1. The first-order valence-electron chi connectivity index (χ1n) is 8.00. The maximum Gasteiger partial charge on any atom is 0.416 e. The van der Waals surface area contributed by atoms with Gasteiger partial charge in [-0.15, -0.1) is 0 Å². The molecule has 1 amide bonds. The van der Waals surface area contributed by atoms with E-state index in [4.69, 9.17) is 4.74 Å². The number of morpholine rings is 1. The van der Waals surface area contributed by atoms with Crippen LogP contribution < -0.4 is 0 Å². The molecule has 0 spiro atoms. The van der Waals surface area contributed by atoms with E-state index in [1.807, 2.05) is 43.3 Å². The lowest BCUT2D eigenvalue weighted by Crippen LogP contribution is -2.51. The highest BCUT2D eigenvalue weighted by Gasteiger charge is 2.44. The fraction of sp³-hybridized carbons (Fsp3) is 0.316. The van der Waals surface area contributed by atoms with Crippen molar-refractivity contribution in [3.8, 4) is 11.1 Å². The number of halogens is 3. The Morgan fingerprint density at radius 3 is 2.40 bits per heavy atom. The average Bonchev–Trinajstić information content (AvgIpc) is 2.61. The van der Waals surface area contributed by atoms with Crippen molar-refractivity contribution in [1.82, 2.24) is 4.90 Å². The summed E-state index contributed by atoms with van der Waals surface area (Å²) in [6, 6.07) is 14.6. The summed E-state index contributed by atoms with van der Waals surface area (Å²) < 4.78 is 43.5. The zero-order chi connectivity index (χ0) is 18.0. The van der Waals surface area contributed by atoms with Crippen LogP contribution in [0.4, 0.5) is 13.2 Å². The Bertz CT molecular complexity index is 773. The third-order valence-corrected chi connectivity index (χ3v) is 4.31. The maximum atomic E-state index is 12.9. The third-order valence-electron chi connectivity index (χ3n) is 4.31. The molecule has 1 heterocycles. The Labute approximate surface area is 144 Å². The van der Waals surface area contributed by atoms with Gasteiger partial charge in [0.1, 0.15) is 0 Å². The summed E-state index contributed by atoms with van der Waals surface area (Å²) in [6.45, 7) is 1.48. The summed E-state index contributed by atoms with van der Waals surface area (Å²) >= 11 is 0. The molecule has 1 atom stereocenters. The predicted molar refractivity (Wildman–Crippen MR) is 88.3 cm³/mol. The number of alkyl halides is 3. The lowest BCUT2D eigenvalue weighted by Gasteiger charge is -2.34. The minimum absolute atomic E-state index is 0.123. The molecule has 1 aliphatic rings. The molecule has 0 saturated carbocycles. The number of benzene rings is 2. The van der Waals surface area contributed by atoms with Crippen LogP contribution in [-0.4, -0.2) is 42.8 Å². The standard InChI is InChI=1S/C19H18F3NO2/c1-13-6-2-3-7-14(13)15-8-4-5-9-16(15)18(24)23-10-11-25-17(12-23)19(20,21)22/h2-9,17H,10-12H2,1H3/t17-/m1/s1. The summed E-state index contributed by atoms with van der Waals surface area (Å²) in [5, 5.41) is 0. The molecule has 0 N–H and O–H groups in total. The highest BCUT2D eigenvalue weighted by molar-refractivity contribution is 6.01. The highest BCUT2D eigenvalue weighted by Crippen LogP contribution is 2.30. The first-order valence-corrected chi connectivity index (χ1v) is 8.00. The third kappa shape index (κ3) is 3.69. The minimum atomic E-state index is -4.48. The van der Waals surface area contributed by atoms with Crippen LogP contribution in [0.25, 0.3) is 11.1 Å². The van der Waals surface area contributed by atoms with E-state index in [0.717, 1.165) is 16.7 Å². The van der Waals surface area contributed by atoms with Crippen molar-refractivity contribution in [3.05, 3.63) is 59.7 Å². The zero-order valence-corrected chi connectivity index (χ0v) is 13.7. The van der Waals surface area contributed by atoms with Gasteiger partial charge in [-0.05, 0) is 29.7 Å². The van der Waals surface area contributed by atoms with Gasteiger partial charge in [-0.25, -0.2) is 0 Å². The van der Waals surface area contributed by atoms with E-state index in [2.05, 4.69) is 0 Å². The monoisotopic (exact) mass is 349 g/mol. The Balaban J connectivity index is 1.92. The fourth-order valence-corrected chi connectivity index (χ4v) is 2.98. The van der Waals surface area contributed by atoms with Crippen LogP contribution in [0, 0.1) is 6.92 Å². The second-order valence-corrected chi connectivity index (χ2v) is 6.01. The first-order chi connectivity index (χ1) is 11.9. The molecule has 3 nitrogen and oxygen atoms in total. The normalized spacial score (nSPS) is 18.2. The van der Waals surface area contributed by atoms with E-state index in [1.165, 1.54) is 4.90 Å². The lowest BCUT2D eigenvalue weighted by atomic mass is 9.95. The smallest absolute Gasteiger partial charge is 0.365 e. The largest absolute Gasteiger partial charge is 0.416 e. The van der Waals surface area contributed by atoms with Crippen LogP contribution in [0.2, 0.25) is 0 Å². The fourth-order valence-electron chi connectivity index (χ4n) is 2.98. The van der Waals surface area contributed by atoms with Gasteiger partial charge in [-0.3, -0.25) is 4.79 Å². The van der Waals surface area contributed by atoms with Crippen molar-refractivity contribution < 1.29 is 22.7 Å². The Morgan fingerprint density at radius 2 is 1.72 bits per heavy atom. The molecule has 2 aromatic carbocycles. The van der Waals surface area contributed by atoms with Crippen LogP contribution in [0.3, 0.4) is 0 Å². The summed E-state index contributed by atoms with van der Waals surface area (Å²) in [6.07, 6.45) is -6.41. The van der Waals surface area contributed by atoms with Crippen LogP contribution in [0.1, 0.15) is 15.9 Å². The molecule has 0 unspecified atom stereocenters. The molecule has 132 valence electrons. The van der Waals surface area contributed by atoms with Crippen molar-refractivity contribution in [2.24, 2.45) is 0 Å². The number of aryl methyl sites for hydroxylation is 1. The van der Waals surface area contributed by atoms with E-state index in [1.54, 1.807) is 12.1 Å². The minimum Gasteiger partial charge on any atom is -0.365 e. The molecule has 0 aromatic heterocycles. The van der Waals surface area contributed by atoms with Crippen LogP contribution in [0.5, 0.6) is 0 Å². The van der Waals surface area contributed by atoms with Crippen molar-refractivity contribution >= 4 is 5.91 Å². The topological polar surface area (TPSA) is 29.5 Å². The van der Waals surface area contributed by atoms with Gasteiger partial charge in [0.15, 0.2) is 6.10 Å². The number of hydrogen-bond acceptors (Lipinski definition) is 2. The molecule has 0 radical (unpaired) electrons. The Kier molecular flexibility index (Phi) is 4.81. The van der Waals surface area contributed by atoms with Crippen molar-refractivity contribution in [3.63, 3.8) is 0 Å². The number of amides is 1. The van der Waals surface area contributed by atoms with E-state index in [0.29, 0.717) is 5.56 Å². The molecular weight excluding hydrogens is 331 g/mol. The molecule has 25 heavy (non-hydrogen) atoms. The van der Waals surface area contributed by atoms with Gasteiger partial charge in [0.05, 0.1) is 13.2 Å². The summed E-state index contributed by atoms with van der Waals surface area (Å²) in [7, 11) is 0. The summed E-state index contributed by atoms with van der Waals surface area (Å²) in [5.74, 6) is -0.406. The number of ether oxygens (including phenoxy) is 1. The molecule has 2 aromatic rings. The summed E-state index contributed by atoms with van der Waals surface area (Å²) in [5.41, 5.74) is 3.02. The van der Waals surface area contributed by atoms with E-state index < -0.39 is 24.7 Å². The van der Waals surface area contributed by atoms with Crippen molar-refractivity contribution in [2.75, 3.05) is 19.7 Å². The molecule has 1 fully saturated rings. The van der Waals surface area contributed by atoms with E-state index in [9.17, 15) is 18.0 Å².